The lowest BCUT2D eigenvalue weighted by Crippen LogP contribution is -1.87. The maximum Gasteiger partial charge on any atom is 0.108 e. The quantitative estimate of drug-likeness (QED) is 0.744. The number of nitrogens with two attached hydrogens (primary N) is 1. The minimum Gasteiger partial charge on any atom is -0.466 e. The number of hydrogen-bond donors (Lipinski definition) is 1. The monoisotopic (exact) mass is 221 g/mol. The van der Waals surface area contributed by atoms with Crippen molar-refractivity contribution < 1.29 is 4.42 Å². The molecule has 3 heteroatoms. The molecule has 0 aliphatic carbocycles. The Bertz CT molecular complexity index is 502. The van der Waals surface area contributed by atoms with Gasteiger partial charge in [0.1, 0.15) is 11.5 Å². The first-order valence-corrected chi connectivity index (χ1v) is 5.08. The number of halogens is 1. The summed E-state index contributed by atoms with van der Waals surface area (Å²) in [5, 5.41) is 0.580. The Morgan fingerprint density at radius 1 is 1.20 bits per heavy atom. The molecule has 0 aliphatic heterocycles. The zero-order valence-electron chi connectivity index (χ0n) is 8.67. The van der Waals surface area contributed by atoms with E-state index >= 15 is 0 Å². The number of benzene rings is 1. The van der Waals surface area contributed by atoms with Gasteiger partial charge in [-0.1, -0.05) is 17.7 Å². The number of hydrogen-bond acceptors (Lipinski definition) is 2. The lowest BCUT2D eigenvalue weighted by atomic mass is 10.1. The van der Waals surface area contributed by atoms with Crippen molar-refractivity contribution in [1.29, 1.82) is 0 Å². The third kappa shape index (κ3) is 1.85. The average Bonchev–Trinajstić information content (AvgIpc) is 2.50. The molecule has 0 radical (unpaired) electrons. The zero-order valence-corrected chi connectivity index (χ0v) is 9.43. The number of aryl methyl sites for hydroxylation is 2. The van der Waals surface area contributed by atoms with Crippen molar-refractivity contribution in [3.8, 4) is 11.1 Å². The van der Waals surface area contributed by atoms with Crippen LogP contribution >= 0.6 is 11.6 Å². The van der Waals surface area contributed by atoms with Crippen LogP contribution in [0.4, 0.5) is 5.69 Å². The second-order valence-electron chi connectivity index (χ2n) is 3.56. The van der Waals surface area contributed by atoms with E-state index < -0.39 is 0 Å². The molecule has 0 amide bonds. The van der Waals surface area contributed by atoms with Crippen LogP contribution in [0.1, 0.15) is 11.5 Å². The highest BCUT2D eigenvalue weighted by Crippen LogP contribution is 2.30. The predicted octanol–water partition coefficient (Wildman–Crippen LogP) is 3.80. The molecule has 78 valence electrons. The fraction of sp³-hybridized carbons (Fsp3) is 0.167. The number of nitrogen functional groups attached to an aromatic ring is 1. The fourth-order valence-electron chi connectivity index (χ4n) is 1.63. The summed E-state index contributed by atoms with van der Waals surface area (Å²) < 4.78 is 5.47. The molecule has 0 atom stereocenters. The van der Waals surface area contributed by atoms with Gasteiger partial charge >= 0.3 is 0 Å². The molecule has 15 heavy (non-hydrogen) atoms. The average molecular weight is 222 g/mol. The van der Waals surface area contributed by atoms with Crippen LogP contribution < -0.4 is 5.73 Å². The van der Waals surface area contributed by atoms with Gasteiger partial charge in [0.05, 0.1) is 10.7 Å². The molecule has 0 saturated heterocycles. The van der Waals surface area contributed by atoms with Gasteiger partial charge in [-0.15, -0.1) is 0 Å². The van der Waals surface area contributed by atoms with Gasteiger partial charge in [-0.2, -0.15) is 0 Å². The zero-order chi connectivity index (χ0) is 11.0. The molecule has 2 nitrogen and oxygen atoms in total. The van der Waals surface area contributed by atoms with Crippen molar-refractivity contribution >= 4 is 17.3 Å². The van der Waals surface area contributed by atoms with E-state index in [9.17, 15) is 0 Å². The topological polar surface area (TPSA) is 39.2 Å². The highest BCUT2D eigenvalue weighted by molar-refractivity contribution is 6.33. The highest BCUT2D eigenvalue weighted by Gasteiger charge is 2.08. The second-order valence-corrected chi connectivity index (χ2v) is 3.97. The maximum absolute atomic E-state index is 5.86. The molecule has 0 fully saturated rings. The Morgan fingerprint density at radius 2 is 1.93 bits per heavy atom. The van der Waals surface area contributed by atoms with Gasteiger partial charge < -0.3 is 10.2 Å². The first kappa shape index (κ1) is 10.1. The Kier molecular flexibility index (Phi) is 2.45. The van der Waals surface area contributed by atoms with E-state index in [1.54, 1.807) is 6.07 Å². The van der Waals surface area contributed by atoms with Crippen molar-refractivity contribution in [2.45, 2.75) is 13.8 Å². The van der Waals surface area contributed by atoms with Crippen LogP contribution in [-0.2, 0) is 0 Å². The Labute approximate surface area is 93.7 Å². The van der Waals surface area contributed by atoms with Crippen molar-refractivity contribution in [1.82, 2.24) is 0 Å². The van der Waals surface area contributed by atoms with Crippen LogP contribution in [0.3, 0.4) is 0 Å². The third-order valence-corrected chi connectivity index (χ3v) is 2.69. The van der Waals surface area contributed by atoms with E-state index in [0.29, 0.717) is 10.7 Å². The Hall–Kier alpha value is -1.41. The highest BCUT2D eigenvalue weighted by atomic mass is 35.5. The van der Waals surface area contributed by atoms with E-state index in [2.05, 4.69) is 0 Å². The second kappa shape index (κ2) is 3.63. The van der Waals surface area contributed by atoms with Crippen molar-refractivity contribution in [3.05, 3.63) is 40.8 Å². The predicted molar refractivity (Wildman–Crippen MR) is 63.0 cm³/mol. The summed E-state index contributed by atoms with van der Waals surface area (Å²) in [6, 6.07) is 7.60. The van der Waals surface area contributed by atoms with Crippen molar-refractivity contribution in [2.24, 2.45) is 0 Å². The smallest absolute Gasteiger partial charge is 0.108 e. The fourth-order valence-corrected chi connectivity index (χ4v) is 1.75. The standard InChI is InChI=1S/C12H12ClNO/c1-7-5-10(8(2)15-7)9-3-4-11(13)12(14)6-9/h3-6H,14H2,1-2H3. The summed E-state index contributed by atoms with van der Waals surface area (Å²) in [7, 11) is 0. The van der Waals surface area contributed by atoms with Crippen LogP contribution in [0.5, 0.6) is 0 Å². The van der Waals surface area contributed by atoms with Gasteiger partial charge in [0, 0.05) is 5.56 Å². The maximum atomic E-state index is 5.86. The lowest BCUT2D eigenvalue weighted by molar-refractivity contribution is 0.505. The molecule has 1 aromatic carbocycles. The first-order chi connectivity index (χ1) is 7.08. The van der Waals surface area contributed by atoms with Crippen LogP contribution in [-0.4, -0.2) is 0 Å². The summed E-state index contributed by atoms with van der Waals surface area (Å²) in [5.74, 6) is 1.80. The van der Waals surface area contributed by atoms with Gasteiger partial charge in [-0.05, 0) is 37.6 Å². The van der Waals surface area contributed by atoms with Gasteiger partial charge in [0.2, 0.25) is 0 Å². The molecule has 0 bridgehead atoms. The molecule has 2 rings (SSSR count). The molecular formula is C12H12ClNO. The molecule has 0 spiro atoms. The van der Waals surface area contributed by atoms with Crippen LogP contribution in [0, 0.1) is 13.8 Å². The SMILES string of the molecule is Cc1cc(-c2ccc(Cl)c(N)c2)c(C)o1. The van der Waals surface area contributed by atoms with Crippen LogP contribution in [0.25, 0.3) is 11.1 Å². The normalized spacial score (nSPS) is 10.6. The summed E-state index contributed by atoms with van der Waals surface area (Å²) in [5.41, 5.74) is 8.44. The molecule has 2 N–H and O–H groups in total. The molecule has 0 unspecified atom stereocenters. The molecule has 1 aromatic heterocycles. The van der Waals surface area contributed by atoms with Gasteiger partial charge in [-0.25, -0.2) is 0 Å². The molecular weight excluding hydrogens is 210 g/mol. The lowest BCUT2D eigenvalue weighted by Gasteiger charge is -2.02. The van der Waals surface area contributed by atoms with E-state index in [1.165, 1.54) is 0 Å². The summed E-state index contributed by atoms with van der Waals surface area (Å²) in [6.45, 7) is 3.86. The molecule has 2 aromatic rings. The summed E-state index contributed by atoms with van der Waals surface area (Å²) in [4.78, 5) is 0. The van der Waals surface area contributed by atoms with E-state index in [1.807, 2.05) is 32.0 Å². The molecule has 0 saturated carbocycles. The first-order valence-electron chi connectivity index (χ1n) is 4.70. The van der Waals surface area contributed by atoms with Gasteiger partial charge in [-0.3, -0.25) is 0 Å². The Balaban J connectivity index is 2.54. The largest absolute Gasteiger partial charge is 0.466 e. The third-order valence-electron chi connectivity index (χ3n) is 2.35. The van der Waals surface area contributed by atoms with E-state index in [-0.39, 0.29) is 0 Å². The van der Waals surface area contributed by atoms with Crippen molar-refractivity contribution in [2.75, 3.05) is 5.73 Å². The Morgan fingerprint density at radius 3 is 2.47 bits per heavy atom. The summed E-state index contributed by atoms with van der Waals surface area (Å²) >= 11 is 5.86. The minimum absolute atomic E-state index is 0.580. The van der Waals surface area contributed by atoms with Gasteiger partial charge in [0.15, 0.2) is 0 Å². The number of rotatable bonds is 1. The summed E-state index contributed by atoms with van der Waals surface area (Å²) in [6.07, 6.45) is 0. The molecule has 1 heterocycles. The minimum atomic E-state index is 0.580. The van der Waals surface area contributed by atoms with Crippen LogP contribution in [0.15, 0.2) is 28.7 Å². The number of anilines is 1. The van der Waals surface area contributed by atoms with Gasteiger partial charge in [0.25, 0.3) is 0 Å². The molecule has 0 aliphatic rings. The van der Waals surface area contributed by atoms with Crippen molar-refractivity contribution in [3.63, 3.8) is 0 Å². The van der Waals surface area contributed by atoms with E-state index in [4.69, 9.17) is 21.8 Å². The van der Waals surface area contributed by atoms with Crippen LogP contribution in [0.2, 0.25) is 5.02 Å². The number of furan rings is 1. The van der Waals surface area contributed by atoms with E-state index in [0.717, 1.165) is 22.6 Å².